The molecule has 1 aliphatic rings. The molecule has 1 N–H and O–H groups in total. The predicted octanol–water partition coefficient (Wildman–Crippen LogP) is 2.88. The van der Waals surface area contributed by atoms with Gasteiger partial charge >= 0.3 is 0 Å². The number of para-hydroxylation sites is 1. The van der Waals surface area contributed by atoms with Gasteiger partial charge in [-0.15, -0.1) is 0 Å². The van der Waals surface area contributed by atoms with Crippen LogP contribution in [0.5, 0.6) is 0 Å². The Morgan fingerprint density at radius 3 is 2.45 bits per heavy atom. The first kappa shape index (κ1) is 13.1. The molecule has 1 fully saturated rings. The molecule has 1 aliphatic heterocycles. The summed E-state index contributed by atoms with van der Waals surface area (Å²) in [5.41, 5.74) is 2.55. The van der Waals surface area contributed by atoms with Crippen LogP contribution < -0.4 is 4.90 Å². The van der Waals surface area contributed by atoms with Crippen LogP contribution in [-0.4, -0.2) is 23.2 Å². The van der Waals surface area contributed by atoms with Gasteiger partial charge in [0.05, 0.1) is 5.60 Å². The molecule has 0 aliphatic carbocycles. The number of pyridine rings is 1. The van der Waals surface area contributed by atoms with Crippen LogP contribution in [0.4, 0.5) is 5.69 Å². The van der Waals surface area contributed by atoms with Crippen LogP contribution >= 0.6 is 0 Å². The van der Waals surface area contributed by atoms with E-state index < -0.39 is 5.60 Å². The van der Waals surface area contributed by atoms with Crippen LogP contribution in [0, 0.1) is 6.92 Å². The van der Waals surface area contributed by atoms with Gasteiger partial charge in [0.2, 0.25) is 0 Å². The maximum absolute atomic E-state index is 10.9. The number of nitrogens with zero attached hydrogens (tertiary/aromatic N) is 2. The average Bonchev–Trinajstić information content (AvgIpc) is 2.49. The van der Waals surface area contributed by atoms with Crippen molar-refractivity contribution >= 4 is 5.69 Å². The van der Waals surface area contributed by atoms with E-state index in [1.165, 1.54) is 5.69 Å². The van der Waals surface area contributed by atoms with Crippen molar-refractivity contribution in [2.24, 2.45) is 0 Å². The molecule has 1 aromatic carbocycles. The molecule has 3 rings (SSSR count). The third-order valence-corrected chi connectivity index (χ3v) is 4.12. The molecule has 0 atom stereocenters. The third kappa shape index (κ3) is 2.54. The highest BCUT2D eigenvalue weighted by Gasteiger charge is 2.34. The SMILES string of the molecule is Cc1cncc(C2(O)CCN(c3ccccc3)CC2)c1. The smallest absolute Gasteiger partial charge is 0.0945 e. The summed E-state index contributed by atoms with van der Waals surface area (Å²) in [4.78, 5) is 6.54. The predicted molar refractivity (Wildman–Crippen MR) is 80.8 cm³/mol. The molecule has 20 heavy (non-hydrogen) atoms. The Labute approximate surface area is 119 Å². The maximum Gasteiger partial charge on any atom is 0.0945 e. The van der Waals surface area contributed by atoms with Gasteiger partial charge in [-0.05, 0) is 37.5 Å². The average molecular weight is 268 g/mol. The summed E-state index contributed by atoms with van der Waals surface area (Å²) in [6.45, 7) is 3.75. The molecule has 2 heterocycles. The number of benzene rings is 1. The van der Waals surface area contributed by atoms with Gasteiger partial charge in [-0.25, -0.2) is 0 Å². The van der Waals surface area contributed by atoms with E-state index in [0.29, 0.717) is 0 Å². The fraction of sp³-hybridized carbons (Fsp3) is 0.353. The van der Waals surface area contributed by atoms with E-state index in [0.717, 1.165) is 37.1 Å². The van der Waals surface area contributed by atoms with Gasteiger partial charge in [0.15, 0.2) is 0 Å². The molecule has 1 saturated heterocycles. The third-order valence-electron chi connectivity index (χ3n) is 4.12. The minimum atomic E-state index is -0.732. The largest absolute Gasteiger partial charge is 0.385 e. The lowest BCUT2D eigenvalue weighted by Gasteiger charge is -2.39. The lowest BCUT2D eigenvalue weighted by molar-refractivity contribution is 0.0114. The van der Waals surface area contributed by atoms with Gasteiger partial charge in [-0.3, -0.25) is 4.98 Å². The Morgan fingerprint density at radius 1 is 1.10 bits per heavy atom. The van der Waals surface area contributed by atoms with E-state index in [4.69, 9.17) is 0 Å². The molecule has 2 aromatic rings. The monoisotopic (exact) mass is 268 g/mol. The molecule has 0 spiro atoms. The van der Waals surface area contributed by atoms with Gasteiger partial charge in [0, 0.05) is 36.7 Å². The number of hydrogen-bond acceptors (Lipinski definition) is 3. The quantitative estimate of drug-likeness (QED) is 0.910. The van der Waals surface area contributed by atoms with Gasteiger partial charge < -0.3 is 10.0 Å². The second-order valence-electron chi connectivity index (χ2n) is 5.61. The summed E-state index contributed by atoms with van der Waals surface area (Å²) >= 11 is 0. The summed E-state index contributed by atoms with van der Waals surface area (Å²) in [7, 11) is 0. The van der Waals surface area contributed by atoms with E-state index in [1.54, 1.807) is 6.20 Å². The van der Waals surface area contributed by atoms with Crippen molar-refractivity contribution in [1.82, 2.24) is 4.98 Å². The molecule has 0 unspecified atom stereocenters. The molecule has 0 amide bonds. The number of piperidine rings is 1. The van der Waals surface area contributed by atoms with Gasteiger partial charge in [-0.2, -0.15) is 0 Å². The zero-order chi connectivity index (χ0) is 14.0. The first-order chi connectivity index (χ1) is 9.67. The zero-order valence-corrected chi connectivity index (χ0v) is 11.8. The Kier molecular flexibility index (Phi) is 3.45. The summed E-state index contributed by atoms with van der Waals surface area (Å²) in [6.07, 6.45) is 5.11. The van der Waals surface area contributed by atoms with E-state index in [2.05, 4.69) is 34.1 Å². The highest BCUT2D eigenvalue weighted by molar-refractivity contribution is 5.46. The highest BCUT2D eigenvalue weighted by Crippen LogP contribution is 2.34. The van der Waals surface area contributed by atoms with E-state index >= 15 is 0 Å². The van der Waals surface area contributed by atoms with E-state index in [9.17, 15) is 5.11 Å². The van der Waals surface area contributed by atoms with Crippen molar-refractivity contribution in [2.45, 2.75) is 25.4 Å². The summed E-state index contributed by atoms with van der Waals surface area (Å²) in [5.74, 6) is 0. The highest BCUT2D eigenvalue weighted by atomic mass is 16.3. The summed E-state index contributed by atoms with van der Waals surface area (Å²) < 4.78 is 0. The van der Waals surface area contributed by atoms with Crippen molar-refractivity contribution in [3.05, 3.63) is 59.9 Å². The van der Waals surface area contributed by atoms with E-state index in [-0.39, 0.29) is 0 Å². The normalized spacial score (nSPS) is 18.0. The van der Waals surface area contributed by atoms with E-state index in [1.807, 2.05) is 25.3 Å². The number of aliphatic hydroxyl groups is 1. The second-order valence-corrected chi connectivity index (χ2v) is 5.61. The van der Waals surface area contributed by atoms with Gasteiger partial charge in [0.1, 0.15) is 0 Å². The molecule has 0 bridgehead atoms. The molecular weight excluding hydrogens is 248 g/mol. The van der Waals surface area contributed by atoms with Crippen molar-refractivity contribution in [3.8, 4) is 0 Å². The Hall–Kier alpha value is -1.87. The van der Waals surface area contributed by atoms with Gasteiger partial charge in [-0.1, -0.05) is 24.3 Å². The van der Waals surface area contributed by atoms with Crippen LogP contribution in [0.3, 0.4) is 0 Å². The number of rotatable bonds is 2. The van der Waals surface area contributed by atoms with Crippen molar-refractivity contribution in [3.63, 3.8) is 0 Å². The fourth-order valence-corrected chi connectivity index (χ4v) is 2.87. The number of anilines is 1. The lowest BCUT2D eigenvalue weighted by Crippen LogP contribution is -2.42. The molecule has 3 nitrogen and oxygen atoms in total. The minimum Gasteiger partial charge on any atom is -0.385 e. The fourth-order valence-electron chi connectivity index (χ4n) is 2.87. The Morgan fingerprint density at radius 2 is 1.80 bits per heavy atom. The Bertz CT molecular complexity index is 575. The van der Waals surface area contributed by atoms with Crippen molar-refractivity contribution < 1.29 is 5.11 Å². The first-order valence-electron chi connectivity index (χ1n) is 7.12. The van der Waals surface area contributed by atoms with Crippen molar-refractivity contribution in [1.29, 1.82) is 0 Å². The number of aromatic nitrogens is 1. The van der Waals surface area contributed by atoms with Crippen LogP contribution in [0.2, 0.25) is 0 Å². The molecule has 0 radical (unpaired) electrons. The van der Waals surface area contributed by atoms with Crippen LogP contribution in [0.1, 0.15) is 24.0 Å². The number of aryl methyl sites for hydroxylation is 1. The topological polar surface area (TPSA) is 36.4 Å². The molecule has 1 aromatic heterocycles. The molecule has 104 valence electrons. The standard InChI is InChI=1S/C17H20N2O/c1-14-11-15(13-18-12-14)17(20)7-9-19(10-8-17)16-5-3-2-4-6-16/h2-6,11-13,20H,7-10H2,1H3. The van der Waals surface area contributed by atoms with Crippen LogP contribution in [-0.2, 0) is 5.60 Å². The molecular formula is C17H20N2O. The minimum absolute atomic E-state index is 0.732. The first-order valence-corrected chi connectivity index (χ1v) is 7.12. The summed E-state index contributed by atoms with van der Waals surface area (Å²) in [5, 5.41) is 10.9. The zero-order valence-electron chi connectivity index (χ0n) is 11.8. The van der Waals surface area contributed by atoms with Crippen LogP contribution in [0.25, 0.3) is 0 Å². The summed E-state index contributed by atoms with van der Waals surface area (Å²) in [6, 6.07) is 12.4. The molecule has 0 saturated carbocycles. The maximum atomic E-state index is 10.9. The molecule has 3 heteroatoms. The number of hydrogen-bond donors (Lipinski definition) is 1. The Balaban J connectivity index is 1.75. The van der Waals surface area contributed by atoms with Crippen molar-refractivity contribution in [2.75, 3.05) is 18.0 Å². The lowest BCUT2D eigenvalue weighted by atomic mass is 9.84. The second kappa shape index (κ2) is 5.25. The van der Waals surface area contributed by atoms with Crippen LogP contribution in [0.15, 0.2) is 48.8 Å². The van der Waals surface area contributed by atoms with Gasteiger partial charge in [0.25, 0.3) is 0 Å².